The molecule has 0 saturated carbocycles. The second kappa shape index (κ2) is 11.7. The van der Waals surface area contributed by atoms with Crippen molar-refractivity contribution in [2.75, 3.05) is 38.7 Å². The number of urea groups is 1. The van der Waals surface area contributed by atoms with E-state index in [-0.39, 0.29) is 30.6 Å². The number of nitrogens with one attached hydrogen (secondary N) is 1. The zero-order valence-electron chi connectivity index (χ0n) is 19.4. The topological polar surface area (TPSA) is 66.8 Å². The Morgan fingerprint density at radius 2 is 1.88 bits per heavy atom. The smallest absolute Gasteiger partial charge is 0.383 e. The fourth-order valence-corrected chi connectivity index (χ4v) is 3.25. The molecule has 33 heavy (non-hydrogen) atoms. The van der Waals surface area contributed by atoms with Crippen molar-refractivity contribution in [2.45, 2.75) is 26.6 Å². The first kappa shape index (κ1) is 26.2. The van der Waals surface area contributed by atoms with Gasteiger partial charge < -0.3 is 24.4 Å². The predicted octanol–water partition coefficient (Wildman–Crippen LogP) is 4.21. The summed E-state index contributed by atoms with van der Waals surface area (Å²) in [5.74, 6) is -0.238. The van der Waals surface area contributed by atoms with Gasteiger partial charge in [-0.05, 0) is 36.2 Å². The van der Waals surface area contributed by atoms with E-state index in [2.05, 4.69) is 5.32 Å². The SMILES string of the molecule is COCCN(Cc1cccn1C)C(=O)CN(CC(C)C)C(=O)Nc1cccc(C(F)(F)F)c1. The molecule has 0 unspecified atom stereocenters. The highest BCUT2D eigenvalue weighted by molar-refractivity contribution is 5.92. The van der Waals surface area contributed by atoms with Gasteiger partial charge in [0.1, 0.15) is 6.54 Å². The summed E-state index contributed by atoms with van der Waals surface area (Å²) in [5.41, 5.74) is 0.0689. The lowest BCUT2D eigenvalue weighted by molar-refractivity contribution is -0.137. The summed E-state index contributed by atoms with van der Waals surface area (Å²) >= 11 is 0. The van der Waals surface area contributed by atoms with Crippen LogP contribution >= 0.6 is 0 Å². The number of amides is 3. The Balaban J connectivity index is 2.16. The summed E-state index contributed by atoms with van der Waals surface area (Å²) in [4.78, 5) is 28.9. The number of ether oxygens (including phenoxy) is 1. The summed E-state index contributed by atoms with van der Waals surface area (Å²) < 4.78 is 46.0. The zero-order valence-corrected chi connectivity index (χ0v) is 19.4. The van der Waals surface area contributed by atoms with Crippen LogP contribution < -0.4 is 5.32 Å². The molecule has 0 aliphatic heterocycles. The average molecular weight is 469 g/mol. The van der Waals surface area contributed by atoms with Gasteiger partial charge in [0.2, 0.25) is 5.91 Å². The number of hydrogen-bond donors (Lipinski definition) is 1. The third-order valence-electron chi connectivity index (χ3n) is 4.96. The number of aromatic nitrogens is 1. The van der Waals surface area contributed by atoms with Gasteiger partial charge in [0, 0.05) is 44.8 Å². The van der Waals surface area contributed by atoms with Crippen molar-refractivity contribution < 1.29 is 27.5 Å². The number of carbonyl (C=O) groups excluding carboxylic acids is 2. The third-order valence-corrected chi connectivity index (χ3v) is 4.96. The van der Waals surface area contributed by atoms with E-state index < -0.39 is 17.8 Å². The Kier molecular flexibility index (Phi) is 9.33. The van der Waals surface area contributed by atoms with Crippen LogP contribution in [-0.4, -0.2) is 59.7 Å². The van der Waals surface area contributed by atoms with Crippen molar-refractivity contribution in [2.24, 2.45) is 13.0 Å². The molecule has 2 rings (SSSR count). The maximum atomic E-state index is 13.1. The highest BCUT2D eigenvalue weighted by Crippen LogP contribution is 2.30. The fraction of sp³-hybridized carbons (Fsp3) is 0.478. The molecule has 2 aromatic rings. The Bertz CT molecular complexity index is 928. The number of methoxy groups -OCH3 is 1. The second-order valence-corrected chi connectivity index (χ2v) is 8.20. The van der Waals surface area contributed by atoms with Crippen molar-refractivity contribution in [1.29, 1.82) is 0 Å². The highest BCUT2D eigenvalue weighted by atomic mass is 19.4. The van der Waals surface area contributed by atoms with Crippen molar-refractivity contribution >= 4 is 17.6 Å². The number of rotatable bonds is 10. The van der Waals surface area contributed by atoms with E-state index in [0.717, 1.165) is 17.8 Å². The van der Waals surface area contributed by atoms with Crippen LogP contribution in [0.15, 0.2) is 42.6 Å². The first-order valence-corrected chi connectivity index (χ1v) is 10.6. The molecule has 0 bridgehead atoms. The Morgan fingerprint density at radius 3 is 2.45 bits per heavy atom. The minimum absolute atomic E-state index is 0.0103. The molecule has 0 aliphatic rings. The lowest BCUT2D eigenvalue weighted by Gasteiger charge is -2.29. The molecule has 0 fully saturated rings. The maximum Gasteiger partial charge on any atom is 0.416 e. The molecule has 1 N–H and O–H groups in total. The number of hydrogen-bond acceptors (Lipinski definition) is 3. The van der Waals surface area contributed by atoms with E-state index in [1.54, 1.807) is 12.0 Å². The first-order chi connectivity index (χ1) is 15.5. The van der Waals surface area contributed by atoms with Crippen LogP contribution in [0.25, 0.3) is 0 Å². The van der Waals surface area contributed by atoms with Gasteiger partial charge in [0.15, 0.2) is 0 Å². The third kappa shape index (κ3) is 8.12. The van der Waals surface area contributed by atoms with Crippen LogP contribution in [0, 0.1) is 5.92 Å². The molecule has 0 aliphatic carbocycles. The molecule has 0 saturated heterocycles. The van der Waals surface area contributed by atoms with Crippen LogP contribution in [0.1, 0.15) is 25.1 Å². The molecule has 1 aromatic heterocycles. The summed E-state index contributed by atoms with van der Waals surface area (Å²) in [6, 6.07) is 7.55. The van der Waals surface area contributed by atoms with Crippen LogP contribution in [0.3, 0.4) is 0 Å². The number of nitrogens with zero attached hydrogens (tertiary/aromatic N) is 3. The predicted molar refractivity (Wildman–Crippen MR) is 120 cm³/mol. The van der Waals surface area contributed by atoms with Gasteiger partial charge >= 0.3 is 12.2 Å². The standard InChI is InChI=1S/C23H31F3N4O3/c1-17(2)14-30(22(32)27-19-8-5-7-18(13-19)23(24,25)26)16-21(31)29(11-12-33-4)15-20-9-6-10-28(20)3/h5-10,13,17H,11-12,14-16H2,1-4H3,(H,27,32). The number of benzene rings is 1. The normalized spacial score (nSPS) is 11.5. The lowest BCUT2D eigenvalue weighted by atomic mass is 10.2. The molecule has 0 atom stereocenters. The van der Waals surface area contributed by atoms with Crippen molar-refractivity contribution in [1.82, 2.24) is 14.4 Å². The zero-order chi connectivity index (χ0) is 24.6. The minimum Gasteiger partial charge on any atom is -0.383 e. The summed E-state index contributed by atoms with van der Waals surface area (Å²) in [6.07, 6.45) is -2.64. The van der Waals surface area contributed by atoms with Gasteiger partial charge in [-0.1, -0.05) is 19.9 Å². The number of anilines is 1. The summed E-state index contributed by atoms with van der Waals surface area (Å²) in [7, 11) is 3.42. The minimum atomic E-state index is -4.52. The van der Waals surface area contributed by atoms with E-state index >= 15 is 0 Å². The molecule has 182 valence electrons. The highest BCUT2D eigenvalue weighted by Gasteiger charge is 2.31. The molecule has 10 heteroatoms. The van der Waals surface area contributed by atoms with E-state index in [4.69, 9.17) is 4.74 Å². The van der Waals surface area contributed by atoms with E-state index in [9.17, 15) is 22.8 Å². The number of carbonyl (C=O) groups is 2. The van der Waals surface area contributed by atoms with Gasteiger partial charge in [0.25, 0.3) is 0 Å². The molecule has 0 spiro atoms. The number of alkyl halides is 3. The Hall–Kier alpha value is -3.01. The Labute approximate surface area is 192 Å². The van der Waals surface area contributed by atoms with Crippen molar-refractivity contribution in [3.05, 3.63) is 53.9 Å². The molecule has 1 aromatic carbocycles. The molecule has 7 nitrogen and oxygen atoms in total. The van der Waals surface area contributed by atoms with Crippen molar-refractivity contribution in [3.63, 3.8) is 0 Å². The van der Waals surface area contributed by atoms with Gasteiger partial charge in [-0.15, -0.1) is 0 Å². The summed E-state index contributed by atoms with van der Waals surface area (Å²) in [5, 5.41) is 2.49. The van der Waals surface area contributed by atoms with E-state index in [1.165, 1.54) is 17.0 Å². The van der Waals surface area contributed by atoms with Crippen LogP contribution in [0.2, 0.25) is 0 Å². The Morgan fingerprint density at radius 1 is 1.15 bits per heavy atom. The van der Waals surface area contributed by atoms with Crippen LogP contribution in [-0.2, 0) is 29.3 Å². The van der Waals surface area contributed by atoms with E-state index in [1.807, 2.05) is 43.8 Å². The monoisotopic (exact) mass is 468 g/mol. The van der Waals surface area contributed by atoms with Gasteiger partial charge in [-0.2, -0.15) is 13.2 Å². The second-order valence-electron chi connectivity index (χ2n) is 8.20. The maximum absolute atomic E-state index is 13.1. The van der Waals surface area contributed by atoms with Crippen molar-refractivity contribution in [3.8, 4) is 0 Å². The molecule has 3 amide bonds. The van der Waals surface area contributed by atoms with E-state index in [0.29, 0.717) is 19.7 Å². The molecule has 0 radical (unpaired) electrons. The van der Waals surface area contributed by atoms with Gasteiger partial charge in [0.05, 0.1) is 18.7 Å². The largest absolute Gasteiger partial charge is 0.416 e. The van der Waals surface area contributed by atoms with Gasteiger partial charge in [-0.25, -0.2) is 4.79 Å². The summed E-state index contributed by atoms with van der Waals surface area (Å²) in [6.45, 7) is 4.85. The fourth-order valence-electron chi connectivity index (χ4n) is 3.25. The molecule has 1 heterocycles. The molecular weight excluding hydrogens is 437 g/mol. The average Bonchev–Trinajstić information content (AvgIpc) is 3.14. The lowest BCUT2D eigenvalue weighted by Crippen LogP contribution is -2.46. The quantitative estimate of drug-likeness (QED) is 0.568. The first-order valence-electron chi connectivity index (χ1n) is 10.6. The number of halogens is 3. The van der Waals surface area contributed by atoms with Crippen LogP contribution in [0.5, 0.6) is 0 Å². The number of aryl methyl sites for hydroxylation is 1. The molecular formula is C23H31F3N4O3. The van der Waals surface area contributed by atoms with Crippen LogP contribution in [0.4, 0.5) is 23.7 Å². The van der Waals surface area contributed by atoms with Gasteiger partial charge in [-0.3, -0.25) is 4.79 Å².